The molecule has 0 amide bonds. The van der Waals surface area contributed by atoms with Crippen LogP contribution in [-0.4, -0.2) is 13.1 Å². The number of nitrogens with one attached hydrogen (secondary N) is 1. The third kappa shape index (κ3) is 4.49. The lowest BCUT2D eigenvalue weighted by molar-refractivity contribution is 0.741. The predicted octanol–water partition coefficient (Wildman–Crippen LogP) is 8.91. The van der Waals surface area contributed by atoms with Gasteiger partial charge in [-0.3, -0.25) is 0 Å². The van der Waals surface area contributed by atoms with E-state index < -0.39 is 0 Å². The molecular formula is C32H28BNS2. The second kappa shape index (κ2) is 10.2. The van der Waals surface area contributed by atoms with E-state index in [2.05, 4.69) is 109 Å². The standard InChI is InChI=1S/C32H28BNS2/c1-21-11-9-18-26-29(32(33)36-31(21)26)24-16-6-5-12-22(24)13-10-20-28-30(34-23-14-3-2-4-15-23)25-17-7-8-19-27(25)35-28/h2-9,11-12,14-19,21,31,34H,10,13,20H2,1H3. The number of fused-ring (bicyclic) bond motifs is 2. The van der Waals surface area contributed by atoms with Gasteiger partial charge in [0, 0.05) is 25.9 Å². The third-order valence-corrected chi connectivity index (χ3v) is 9.74. The highest BCUT2D eigenvalue weighted by atomic mass is 32.2. The topological polar surface area (TPSA) is 12.0 Å². The second-order valence-electron chi connectivity index (χ2n) is 9.54. The zero-order chi connectivity index (χ0) is 24.5. The monoisotopic (exact) mass is 501 g/mol. The van der Waals surface area contributed by atoms with Crippen LogP contribution >= 0.6 is 23.1 Å². The maximum Gasteiger partial charge on any atom is 0.124 e. The lowest BCUT2D eigenvalue weighted by Gasteiger charge is -2.22. The largest absolute Gasteiger partial charge is 0.354 e. The summed E-state index contributed by atoms with van der Waals surface area (Å²) in [6.07, 6.45) is 9.91. The molecule has 1 nitrogen and oxygen atoms in total. The first-order chi connectivity index (χ1) is 17.7. The molecule has 2 unspecified atom stereocenters. The molecule has 0 fully saturated rings. The Morgan fingerprint density at radius 2 is 1.67 bits per heavy atom. The summed E-state index contributed by atoms with van der Waals surface area (Å²) in [4.78, 5) is 2.38. The van der Waals surface area contributed by atoms with Crippen LogP contribution in [0.15, 0.2) is 107 Å². The van der Waals surface area contributed by atoms with Crippen LogP contribution in [0.25, 0.3) is 15.7 Å². The molecule has 1 aromatic heterocycles. The lowest BCUT2D eigenvalue weighted by atomic mass is 9.82. The summed E-state index contributed by atoms with van der Waals surface area (Å²) in [6.45, 7) is 2.29. The molecule has 0 spiro atoms. The minimum Gasteiger partial charge on any atom is -0.354 e. The molecular weight excluding hydrogens is 473 g/mol. The van der Waals surface area contributed by atoms with E-state index in [9.17, 15) is 0 Å². The van der Waals surface area contributed by atoms with Gasteiger partial charge in [0.1, 0.15) is 7.85 Å². The van der Waals surface area contributed by atoms with Gasteiger partial charge in [0.15, 0.2) is 0 Å². The van der Waals surface area contributed by atoms with Crippen LogP contribution in [0.1, 0.15) is 29.3 Å². The first-order valence-corrected chi connectivity index (χ1v) is 14.3. The fourth-order valence-electron chi connectivity index (χ4n) is 5.33. The van der Waals surface area contributed by atoms with Crippen LogP contribution in [0, 0.1) is 5.92 Å². The van der Waals surface area contributed by atoms with Crippen molar-refractivity contribution >= 4 is 58.0 Å². The summed E-state index contributed by atoms with van der Waals surface area (Å²) in [5.74, 6) is 0.502. The zero-order valence-electron chi connectivity index (χ0n) is 20.4. The van der Waals surface area contributed by atoms with Crippen molar-refractivity contribution in [1.29, 1.82) is 0 Å². The minimum absolute atomic E-state index is 0.434. The second-order valence-corrected chi connectivity index (χ2v) is 11.9. The molecule has 176 valence electrons. The van der Waals surface area contributed by atoms with Crippen LogP contribution in [0.5, 0.6) is 0 Å². The van der Waals surface area contributed by atoms with E-state index in [1.165, 1.54) is 42.9 Å². The van der Waals surface area contributed by atoms with Gasteiger partial charge in [-0.05, 0) is 65.7 Å². The zero-order valence-corrected chi connectivity index (χ0v) is 22.0. The molecule has 0 saturated heterocycles. The number of hydrogen-bond donors (Lipinski definition) is 1. The number of benzene rings is 3. The SMILES string of the molecule is [B]C1=C(c2ccccc2CCCc2sc3ccccc3c2Nc2ccccc2)C2=CC=CC(C)C2S1. The highest BCUT2D eigenvalue weighted by Crippen LogP contribution is 2.50. The number of allylic oxidation sites excluding steroid dienone is 4. The van der Waals surface area contributed by atoms with Crippen molar-refractivity contribution in [2.24, 2.45) is 5.92 Å². The summed E-state index contributed by atoms with van der Waals surface area (Å²) in [6, 6.07) is 28.1. The molecule has 1 aliphatic heterocycles. The molecule has 2 aliphatic rings. The number of hydrogen-bond acceptors (Lipinski definition) is 3. The van der Waals surface area contributed by atoms with E-state index in [4.69, 9.17) is 7.85 Å². The third-order valence-electron chi connectivity index (χ3n) is 7.11. The molecule has 6 rings (SSSR count). The highest BCUT2D eigenvalue weighted by molar-refractivity contribution is 8.05. The smallest absolute Gasteiger partial charge is 0.124 e. The summed E-state index contributed by atoms with van der Waals surface area (Å²) < 4.78 is 1.34. The van der Waals surface area contributed by atoms with E-state index in [0.29, 0.717) is 11.2 Å². The molecule has 1 N–H and O–H groups in total. The van der Waals surface area contributed by atoms with Crippen LogP contribution < -0.4 is 5.32 Å². The normalized spacial score (nSPS) is 19.0. The molecule has 4 heteroatoms. The minimum atomic E-state index is 0.434. The van der Waals surface area contributed by atoms with Crippen molar-refractivity contribution in [2.75, 3.05) is 5.32 Å². The molecule has 2 radical (unpaired) electrons. The van der Waals surface area contributed by atoms with Crippen molar-refractivity contribution in [3.63, 3.8) is 0 Å². The van der Waals surface area contributed by atoms with E-state index in [1.54, 1.807) is 0 Å². The van der Waals surface area contributed by atoms with Gasteiger partial charge in [0.25, 0.3) is 0 Å². The van der Waals surface area contributed by atoms with Crippen LogP contribution in [0.2, 0.25) is 0 Å². The van der Waals surface area contributed by atoms with Crippen molar-refractivity contribution in [2.45, 2.75) is 31.4 Å². The lowest BCUT2D eigenvalue weighted by Crippen LogP contribution is -2.15. The van der Waals surface area contributed by atoms with Gasteiger partial charge in [0.2, 0.25) is 0 Å². The van der Waals surface area contributed by atoms with Crippen LogP contribution in [0.4, 0.5) is 11.4 Å². The molecule has 36 heavy (non-hydrogen) atoms. The molecule has 4 aromatic rings. The Hall–Kier alpha value is -2.95. The fourth-order valence-corrected chi connectivity index (χ4v) is 7.78. The summed E-state index contributed by atoms with van der Waals surface area (Å²) >= 11 is 3.74. The average molecular weight is 502 g/mol. The van der Waals surface area contributed by atoms with Gasteiger partial charge >= 0.3 is 0 Å². The Kier molecular flexibility index (Phi) is 6.64. The number of thioether (sulfide) groups is 1. The van der Waals surface area contributed by atoms with Crippen molar-refractivity contribution in [1.82, 2.24) is 0 Å². The first-order valence-electron chi connectivity index (χ1n) is 12.6. The van der Waals surface area contributed by atoms with Gasteiger partial charge in [0.05, 0.1) is 5.69 Å². The number of para-hydroxylation sites is 1. The van der Waals surface area contributed by atoms with Gasteiger partial charge in [-0.15, -0.1) is 23.1 Å². The Bertz CT molecular complexity index is 1500. The Morgan fingerprint density at radius 1 is 0.889 bits per heavy atom. The van der Waals surface area contributed by atoms with Gasteiger partial charge < -0.3 is 5.32 Å². The van der Waals surface area contributed by atoms with Crippen molar-refractivity contribution in [3.8, 4) is 0 Å². The van der Waals surface area contributed by atoms with E-state index in [-0.39, 0.29) is 0 Å². The average Bonchev–Trinajstić information content (AvgIpc) is 3.43. The first kappa shape index (κ1) is 23.5. The van der Waals surface area contributed by atoms with Crippen molar-refractivity contribution in [3.05, 3.63) is 123 Å². The van der Waals surface area contributed by atoms with Crippen molar-refractivity contribution < 1.29 is 0 Å². The maximum absolute atomic E-state index is 6.63. The van der Waals surface area contributed by atoms with Gasteiger partial charge in [-0.2, -0.15) is 0 Å². The van der Waals surface area contributed by atoms with E-state index in [0.717, 1.165) is 29.8 Å². The highest BCUT2D eigenvalue weighted by Gasteiger charge is 2.33. The number of thiophene rings is 1. The number of anilines is 2. The van der Waals surface area contributed by atoms with Crippen LogP contribution in [-0.2, 0) is 12.8 Å². The summed E-state index contributed by atoms with van der Waals surface area (Å²) in [5, 5.41) is 5.45. The summed E-state index contributed by atoms with van der Waals surface area (Å²) in [5.41, 5.74) is 7.72. The number of aryl methyl sites for hydroxylation is 2. The Labute approximate surface area is 223 Å². The fraction of sp³-hybridized carbons (Fsp3) is 0.188. The number of rotatable bonds is 7. The molecule has 0 saturated carbocycles. The molecule has 1 aliphatic carbocycles. The predicted molar refractivity (Wildman–Crippen MR) is 160 cm³/mol. The van der Waals surface area contributed by atoms with E-state index >= 15 is 0 Å². The molecule has 2 atom stereocenters. The Morgan fingerprint density at radius 3 is 2.56 bits per heavy atom. The quantitative estimate of drug-likeness (QED) is 0.254. The van der Waals surface area contributed by atoms with E-state index in [1.807, 2.05) is 23.1 Å². The molecule has 2 heterocycles. The van der Waals surface area contributed by atoms with Crippen LogP contribution in [0.3, 0.4) is 0 Å². The molecule has 3 aromatic carbocycles. The molecule has 0 bridgehead atoms. The maximum atomic E-state index is 6.63. The van der Waals surface area contributed by atoms with Gasteiger partial charge in [-0.25, -0.2) is 0 Å². The summed E-state index contributed by atoms with van der Waals surface area (Å²) in [7, 11) is 6.63. The Balaban J connectivity index is 1.25. The van der Waals surface area contributed by atoms with Gasteiger partial charge in [-0.1, -0.05) is 90.6 Å².